The van der Waals surface area contributed by atoms with Gasteiger partial charge in [0.1, 0.15) is 6.04 Å². The van der Waals surface area contributed by atoms with Gasteiger partial charge >= 0.3 is 0 Å². The van der Waals surface area contributed by atoms with Crippen molar-refractivity contribution in [1.29, 1.82) is 0 Å². The fourth-order valence-corrected chi connectivity index (χ4v) is 2.61. The first-order chi connectivity index (χ1) is 10.5. The molecule has 1 saturated heterocycles. The van der Waals surface area contributed by atoms with Gasteiger partial charge in [-0.1, -0.05) is 0 Å². The largest absolute Gasteiger partial charge is 0.327 e. The SMILES string of the molecule is CONC(=O)[C@H]1CCCN1C(=O)c1ccc([N+](=O)[O-])c(C)c1. The normalized spacial score (nSPS) is 17.4. The molecule has 1 aromatic carbocycles. The third-order valence-electron chi connectivity index (χ3n) is 3.66. The Morgan fingerprint density at radius 1 is 1.45 bits per heavy atom. The average Bonchev–Trinajstić information content (AvgIpc) is 2.95. The zero-order chi connectivity index (χ0) is 16.3. The maximum Gasteiger partial charge on any atom is 0.272 e. The minimum atomic E-state index is -0.581. The first kappa shape index (κ1) is 15.9. The van der Waals surface area contributed by atoms with E-state index in [1.54, 1.807) is 6.92 Å². The Morgan fingerprint density at radius 2 is 2.18 bits per heavy atom. The summed E-state index contributed by atoms with van der Waals surface area (Å²) in [6.45, 7) is 2.05. The van der Waals surface area contributed by atoms with Gasteiger partial charge in [-0.05, 0) is 31.9 Å². The van der Waals surface area contributed by atoms with E-state index in [-0.39, 0.29) is 17.5 Å². The first-order valence-corrected chi connectivity index (χ1v) is 6.84. The van der Waals surface area contributed by atoms with Crippen LogP contribution in [0.15, 0.2) is 18.2 Å². The molecule has 22 heavy (non-hydrogen) atoms. The molecule has 0 saturated carbocycles. The van der Waals surface area contributed by atoms with Gasteiger partial charge in [0.05, 0.1) is 12.0 Å². The highest BCUT2D eigenvalue weighted by Gasteiger charge is 2.34. The van der Waals surface area contributed by atoms with E-state index in [0.717, 1.165) is 6.42 Å². The van der Waals surface area contributed by atoms with Crippen LogP contribution in [0.1, 0.15) is 28.8 Å². The zero-order valence-corrected chi connectivity index (χ0v) is 12.4. The van der Waals surface area contributed by atoms with E-state index in [1.165, 1.54) is 30.2 Å². The molecule has 8 heteroatoms. The highest BCUT2D eigenvalue weighted by atomic mass is 16.6. The lowest BCUT2D eigenvalue weighted by atomic mass is 10.1. The van der Waals surface area contributed by atoms with E-state index in [2.05, 4.69) is 10.3 Å². The second kappa shape index (κ2) is 6.52. The van der Waals surface area contributed by atoms with Crippen molar-refractivity contribution < 1.29 is 19.3 Å². The van der Waals surface area contributed by atoms with Crippen LogP contribution < -0.4 is 5.48 Å². The summed E-state index contributed by atoms with van der Waals surface area (Å²) in [6.07, 6.45) is 1.28. The molecular weight excluding hydrogens is 290 g/mol. The van der Waals surface area contributed by atoms with E-state index in [9.17, 15) is 19.7 Å². The molecule has 1 atom stereocenters. The summed E-state index contributed by atoms with van der Waals surface area (Å²) in [4.78, 5) is 40.8. The van der Waals surface area contributed by atoms with Crippen molar-refractivity contribution >= 4 is 17.5 Å². The highest BCUT2D eigenvalue weighted by Crippen LogP contribution is 2.23. The molecule has 1 N–H and O–H groups in total. The molecule has 1 fully saturated rings. The number of hydrogen-bond acceptors (Lipinski definition) is 5. The van der Waals surface area contributed by atoms with Crippen molar-refractivity contribution in [2.45, 2.75) is 25.8 Å². The van der Waals surface area contributed by atoms with Gasteiger partial charge in [-0.3, -0.25) is 24.5 Å². The summed E-state index contributed by atoms with van der Waals surface area (Å²) in [6, 6.07) is 3.62. The van der Waals surface area contributed by atoms with Crippen LogP contribution in [0.5, 0.6) is 0 Å². The Morgan fingerprint density at radius 3 is 2.77 bits per heavy atom. The number of nitrogens with one attached hydrogen (secondary N) is 1. The molecule has 0 aliphatic carbocycles. The van der Waals surface area contributed by atoms with Crippen LogP contribution in [0.2, 0.25) is 0 Å². The Labute approximate surface area is 127 Å². The van der Waals surface area contributed by atoms with Gasteiger partial charge in [0.25, 0.3) is 17.5 Å². The van der Waals surface area contributed by atoms with Gasteiger partial charge in [-0.15, -0.1) is 0 Å². The van der Waals surface area contributed by atoms with Crippen molar-refractivity contribution in [3.63, 3.8) is 0 Å². The van der Waals surface area contributed by atoms with Crippen LogP contribution in [0.25, 0.3) is 0 Å². The van der Waals surface area contributed by atoms with E-state index >= 15 is 0 Å². The van der Waals surface area contributed by atoms with Crippen LogP contribution in [0.4, 0.5) is 5.69 Å². The van der Waals surface area contributed by atoms with Crippen LogP contribution in [-0.4, -0.2) is 41.3 Å². The molecule has 118 valence electrons. The van der Waals surface area contributed by atoms with Crippen molar-refractivity contribution in [2.75, 3.05) is 13.7 Å². The van der Waals surface area contributed by atoms with Crippen molar-refractivity contribution in [3.05, 3.63) is 39.4 Å². The molecule has 8 nitrogen and oxygen atoms in total. The van der Waals surface area contributed by atoms with Gasteiger partial charge in [0.15, 0.2) is 0 Å². The lowest BCUT2D eigenvalue weighted by molar-refractivity contribution is -0.385. The topological polar surface area (TPSA) is 102 Å². The predicted octanol–water partition coefficient (Wildman–Crippen LogP) is 1.19. The molecule has 0 bridgehead atoms. The standard InChI is InChI=1S/C14H17N3O5/c1-9-8-10(5-6-11(9)17(20)21)14(19)16-7-3-4-12(16)13(18)15-22-2/h5-6,8,12H,3-4,7H2,1-2H3,(H,15,18)/t12-/m1/s1. The number of likely N-dealkylation sites (tertiary alicyclic amines) is 1. The molecule has 1 aliphatic rings. The monoisotopic (exact) mass is 307 g/mol. The van der Waals surface area contributed by atoms with Gasteiger partial charge in [0.2, 0.25) is 0 Å². The Balaban J connectivity index is 2.22. The van der Waals surface area contributed by atoms with Gasteiger partial charge in [-0.2, -0.15) is 0 Å². The predicted molar refractivity (Wildman–Crippen MR) is 77.0 cm³/mol. The van der Waals surface area contributed by atoms with E-state index in [1.807, 2.05) is 0 Å². The van der Waals surface area contributed by atoms with Crippen molar-refractivity contribution in [1.82, 2.24) is 10.4 Å². The number of nitro groups is 1. The number of nitro benzene ring substituents is 1. The first-order valence-electron chi connectivity index (χ1n) is 6.84. The fraction of sp³-hybridized carbons (Fsp3) is 0.429. The minimum Gasteiger partial charge on any atom is -0.327 e. The van der Waals surface area contributed by atoms with Crippen molar-refractivity contribution in [3.8, 4) is 0 Å². The lowest BCUT2D eigenvalue weighted by Crippen LogP contribution is -2.45. The molecule has 1 heterocycles. The number of amides is 2. The van der Waals surface area contributed by atoms with Crippen LogP contribution in [-0.2, 0) is 9.63 Å². The van der Waals surface area contributed by atoms with Gasteiger partial charge in [-0.25, -0.2) is 5.48 Å². The maximum atomic E-state index is 12.5. The molecule has 0 spiro atoms. The summed E-state index contributed by atoms with van der Waals surface area (Å²) < 4.78 is 0. The second-order valence-corrected chi connectivity index (χ2v) is 5.09. The number of hydrogen-bond donors (Lipinski definition) is 1. The van der Waals surface area contributed by atoms with E-state index in [4.69, 9.17) is 0 Å². The summed E-state index contributed by atoms with van der Waals surface area (Å²) in [5.41, 5.74) is 2.95. The average molecular weight is 307 g/mol. The molecule has 1 aliphatic heterocycles. The zero-order valence-electron chi connectivity index (χ0n) is 12.4. The molecule has 0 radical (unpaired) electrons. The minimum absolute atomic E-state index is 0.0355. The molecule has 0 aromatic heterocycles. The lowest BCUT2D eigenvalue weighted by Gasteiger charge is -2.23. The number of nitrogens with zero attached hydrogens (tertiary/aromatic N) is 2. The number of carbonyl (C=O) groups is 2. The number of aryl methyl sites for hydroxylation is 1. The summed E-state index contributed by atoms with van der Waals surface area (Å²) >= 11 is 0. The Hall–Kier alpha value is -2.48. The fourth-order valence-electron chi connectivity index (χ4n) is 2.61. The third-order valence-corrected chi connectivity index (χ3v) is 3.66. The van der Waals surface area contributed by atoms with Crippen LogP contribution >= 0.6 is 0 Å². The number of benzene rings is 1. The Kier molecular flexibility index (Phi) is 4.71. The second-order valence-electron chi connectivity index (χ2n) is 5.09. The summed E-state index contributed by atoms with van der Waals surface area (Å²) in [5.74, 6) is -0.682. The summed E-state index contributed by atoms with van der Waals surface area (Å²) in [7, 11) is 1.33. The van der Waals surface area contributed by atoms with Crippen LogP contribution in [0.3, 0.4) is 0 Å². The number of carbonyl (C=O) groups excluding carboxylic acids is 2. The molecule has 1 aromatic rings. The van der Waals surface area contributed by atoms with Crippen molar-refractivity contribution in [2.24, 2.45) is 0 Å². The smallest absolute Gasteiger partial charge is 0.272 e. The highest BCUT2D eigenvalue weighted by molar-refractivity contribution is 5.98. The quantitative estimate of drug-likeness (QED) is 0.665. The van der Waals surface area contributed by atoms with Gasteiger partial charge in [0, 0.05) is 23.7 Å². The molecule has 2 amide bonds. The van der Waals surface area contributed by atoms with E-state index < -0.39 is 11.0 Å². The number of hydroxylamine groups is 1. The Bertz CT molecular complexity index is 616. The molecular formula is C14H17N3O5. The van der Waals surface area contributed by atoms with Crippen LogP contribution in [0, 0.1) is 17.0 Å². The van der Waals surface area contributed by atoms with E-state index in [0.29, 0.717) is 24.1 Å². The third kappa shape index (κ3) is 3.06. The maximum absolute atomic E-state index is 12.5. The van der Waals surface area contributed by atoms with Gasteiger partial charge < -0.3 is 4.90 Å². The molecule has 0 unspecified atom stereocenters. The summed E-state index contributed by atoms with van der Waals surface area (Å²) in [5, 5.41) is 10.8. The molecule has 2 rings (SSSR count). The number of rotatable bonds is 4.